The Balaban J connectivity index is -0.00000000500. The van der Waals surface area contributed by atoms with Crippen molar-refractivity contribution in [3.05, 3.63) is 0 Å². The van der Waals surface area contributed by atoms with Crippen LogP contribution in [0.3, 0.4) is 0 Å². The molecular weight excluding hydrogens is 90.2 g/mol. The summed E-state index contributed by atoms with van der Waals surface area (Å²) < 4.78 is 0. The fraction of sp³-hybridized carbons (Fsp3) is 1.00. The molecule has 0 aromatic carbocycles. The average molecular weight is 99.2 g/mol. The second kappa shape index (κ2) is 59.5. The standard InChI is InChI=1S/CH5N.2H2S/c1-2;;/h2H2,1H3;2*1H2. The summed E-state index contributed by atoms with van der Waals surface area (Å²) in [5, 5.41) is 0. The Bertz CT molecular complexity index is 6.00. The molecule has 0 aliphatic heterocycles. The molecule has 3 heteroatoms. The van der Waals surface area contributed by atoms with Crippen LogP contribution in [0.25, 0.3) is 0 Å². The van der Waals surface area contributed by atoms with Crippen LogP contribution in [0.15, 0.2) is 0 Å². The summed E-state index contributed by atoms with van der Waals surface area (Å²) in [7, 11) is 1.50. The quantitative estimate of drug-likeness (QED) is 0.447. The average Bonchev–Trinajstić information content (AvgIpc) is 1.00. The molecule has 0 amide bonds. The van der Waals surface area contributed by atoms with Crippen LogP contribution >= 0.6 is 27.0 Å². The van der Waals surface area contributed by atoms with Gasteiger partial charge in [-0.1, -0.05) is 0 Å². The van der Waals surface area contributed by atoms with Crippen LogP contribution in [0.2, 0.25) is 0 Å². The van der Waals surface area contributed by atoms with Gasteiger partial charge < -0.3 is 5.73 Å². The molecule has 30 valence electrons. The summed E-state index contributed by atoms with van der Waals surface area (Å²) >= 11 is 0. The first-order valence-electron chi connectivity index (χ1n) is 0.577. The van der Waals surface area contributed by atoms with Gasteiger partial charge in [0.15, 0.2) is 0 Å². The van der Waals surface area contributed by atoms with E-state index in [1.54, 1.807) is 0 Å². The van der Waals surface area contributed by atoms with Gasteiger partial charge in [0.05, 0.1) is 0 Å². The topological polar surface area (TPSA) is 26.0 Å². The van der Waals surface area contributed by atoms with Gasteiger partial charge in [-0.2, -0.15) is 27.0 Å². The molecule has 0 bridgehead atoms. The van der Waals surface area contributed by atoms with Crippen LogP contribution in [0.5, 0.6) is 0 Å². The molecule has 0 rings (SSSR count). The van der Waals surface area contributed by atoms with Gasteiger partial charge in [-0.25, -0.2) is 0 Å². The molecule has 0 saturated carbocycles. The van der Waals surface area contributed by atoms with Gasteiger partial charge in [0, 0.05) is 0 Å². The van der Waals surface area contributed by atoms with E-state index in [-0.39, 0.29) is 27.0 Å². The van der Waals surface area contributed by atoms with Gasteiger partial charge in [-0.15, -0.1) is 0 Å². The highest BCUT2D eigenvalue weighted by Gasteiger charge is 0.836. The molecule has 0 unspecified atom stereocenters. The van der Waals surface area contributed by atoms with Crippen LogP contribution in [0.4, 0.5) is 0 Å². The van der Waals surface area contributed by atoms with E-state index in [2.05, 4.69) is 5.73 Å². The molecule has 1 nitrogen and oxygen atoms in total. The summed E-state index contributed by atoms with van der Waals surface area (Å²) in [5.74, 6) is 0. The highest BCUT2D eigenvalue weighted by molar-refractivity contribution is 7.59. The van der Waals surface area contributed by atoms with Crippen molar-refractivity contribution in [2.75, 3.05) is 7.05 Å². The first-order valence-corrected chi connectivity index (χ1v) is 0.577. The van der Waals surface area contributed by atoms with Crippen molar-refractivity contribution < 1.29 is 0 Å². The highest BCUT2D eigenvalue weighted by atomic mass is 32.1. The van der Waals surface area contributed by atoms with Crippen LogP contribution in [-0.4, -0.2) is 7.05 Å². The van der Waals surface area contributed by atoms with Crippen LogP contribution in [0, 0.1) is 0 Å². The minimum absolute atomic E-state index is 0. The van der Waals surface area contributed by atoms with E-state index < -0.39 is 0 Å². The summed E-state index contributed by atoms with van der Waals surface area (Å²) in [4.78, 5) is 0. The van der Waals surface area contributed by atoms with E-state index in [1.165, 1.54) is 7.05 Å². The van der Waals surface area contributed by atoms with E-state index in [4.69, 9.17) is 0 Å². The molecule has 0 aliphatic carbocycles. The molecule has 0 aliphatic rings. The lowest BCUT2D eigenvalue weighted by atomic mass is 11.6. The Morgan fingerprint density at radius 3 is 1.00 bits per heavy atom. The van der Waals surface area contributed by atoms with Gasteiger partial charge in [-0.3, -0.25) is 0 Å². The van der Waals surface area contributed by atoms with Crippen LogP contribution < -0.4 is 5.73 Å². The highest BCUT2D eigenvalue weighted by Crippen LogP contribution is 0.649. The summed E-state index contributed by atoms with van der Waals surface area (Å²) in [6, 6.07) is 0. The van der Waals surface area contributed by atoms with Crippen molar-refractivity contribution in [3.63, 3.8) is 0 Å². The number of hydrogen-bond donors (Lipinski definition) is 1. The normalized spacial score (nSPS) is 1.50. The summed E-state index contributed by atoms with van der Waals surface area (Å²) in [6.45, 7) is 0. The minimum Gasteiger partial charge on any atom is -0.333 e. The summed E-state index contributed by atoms with van der Waals surface area (Å²) in [6.07, 6.45) is 0. The smallest absolute Gasteiger partial charge is 0.0195 e. The van der Waals surface area contributed by atoms with E-state index in [1.807, 2.05) is 0 Å². The van der Waals surface area contributed by atoms with Crippen LogP contribution in [0.1, 0.15) is 0 Å². The molecule has 0 heterocycles. The van der Waals surface area contributed by atoms with E-state index in [9.17, 15) is 0 Å². The lowest BCUT2D eigenvalue weighted by molar-refractivity contribution is 1.48. The second-order valence-electron chi connectivity index (χ2n) is 0. The largest absolute Gasteiger partial charge is 0.333 e. The van der Waals surface area contributed by atoms with E-state index in [0.29, 0.717) is 0 Å². The molecule has 0 atom stereocenters. The SMILES string of the molecule is CN.S.S. The van der Waals surface area contributed by atoms with E-state index >= 15 is 0 Å². The molecule has 0 saturated heterocycles. The summed E-state index contributed by atoms with van der Waals surface area (Å²) in [5.41, 5.74) is 4.50. The Kier molecular flexibility index (Phi) is 337. The number of nitrogens with two attached hydrogens (primary N) is 1. The Morgan fingerprint density at radius 2 is 1.00 bits per heavy atom. The first kappa shape index (κ1) is 22.7. The number of rotatable bonds is 0. The molecule has 0 spiro atoms. The van der Waals surface area contributed by atoms with Crippen molar-refractivity contribution in [1.29, 1.82) is 0 Å². The van der Waals surface area contributed by atoms with Crippen molar-refractivity contribution in [1.82, 2.24) is 0 Å². The maximum Gasteiger partial charge on any atom is -0.0195 e. The zero-order valence-corrected chi connectivity index (χ0v) is 4.58. The molecule has 0 radical (unpaired) electrons. The van der Waals surface area contributed by atoms with Crippen molar-refractivity contribution in [2.45, 2.75) is 0 Å². The van der Waals surface area contributed by atoms with Gasteiger partial charge in [0.1, 0.15) is 0 Å². The third-order valence-corrected chi connectivity index (χ3v) is 0. The van der Waals surface area contributed by atoms with Gasteiger partial charge >= 0.3 is 0 Å². The molecule has 0 fully saturated rings. The molecular formula is CH9NS2. The Morgan fingerprint density at radius 1 is 1.00 bits per heavy atom. The zero-order valence-electron chi connectivity index (χ0n) is 2.58. The van der Waals surface area contributed by atoms with E-state index in [0.717, 1.165) is 0 Å². The first-order chi connectivity index (χ1) is 1.00. The van der Waals surface area contributed by atoms with Crippen molar-refractivity contribution in [3.8, 4) is 0 Å². The van der Waals surface area contributed by atoms with Gasteiger partial charge in [0.25, 0.3) is 0 Å². The molecule has 0 aromatic heterocycles. The van der Waals surface area contributed by atoms with Crippen molar-refractivity contribution in [2.24, 2.45) is 5.73 Å². The monoisotopic (exact) mass is 99.0 g/mol. The third kappa shape index (κ3) is 16.8. The fourth-order valence-electron chi connectivity index (χ4n) is 0. The molecule has 0 aromatic rings. The lowest BCUT2D eigenvalue weighted by Crippen LogP contribution is -1.69. The Labute approximate surface area is 40.5 Å². The molecule has 2 N–H and O–H groups in total. The van der Waals surface area contributed by atoms with Gasteiger partial charge in [-0.05, 0) is 7.05 Å². The predicted molar refractivity (Wildman–Crippen MR) is 30.9 cm³/mol. The second-order valence-corrected chi connectivity index (χ2v) is 0. The minimum atomic E-state index is 0. The predicted octanol–water partition coefficient (Wildman–Crippen LogP) is -0.200. The maximum atomic E-state index is 4.50. The lowest BCUT2D eigenvalue weighted by Gasteiger charge is -1.19. The Hall–Kier alpha value is 0.660. The van der Waals surface area contributed by atoms with Crippen LogP contribution in [-0.2, 0) is 0 Å². The van der Waals surface area contributed by atoms with Gasteiger partial charge in [0.2, 0.25) is 0 Å². The number of hydrogen-bond acceptors (Lipinski definition) is 1. The maximum absolute atomic E-state index is 4.50. The molecule has 4 heavy (non-hydrogen) atoms. The van der Waals surface area contributed by atoms with Crippen molar-refractivity contribution >= 4 is 27.0 Å². The fourth-order valence-corrected chi connectivity index (χ4v) is 0. The third-order valence-electron chi connectivity index (χ3n) is 0. The zero-order chi connectivity index (χ0) is 2.00.